The van der Waals surface area contributed by atoms with Gasteiger partial charge >= 0.3 is 5.97 Å². The number of esters is 1. The van der Waals surface area contributed by atoms with Gasteiger partial charge in [-0.3, -0.25) is 9.59 Å². The van der Waals surface area contributed by atoms with E-state index in [1.807, 2.05) is 45.0 Å². The summed E-state index contributed by atoms with van der Waals surface area (Å²) >= 11 is 0. The van der Waals surface area contributed by atoms with Crippen molar-refractivity contribution in [3.63, 3.8) is 0 Å². The van der Waals surface area contributed by atoms with Crippen LogP contribution in [0.5, 0.6) is 0 Å². The average Bonchev–Trinajstić information content (AvgIpc) is 2.90. The van der Waals surface area contributed by atoms with E-state index in [4.69, 9.17) is 4.74 Å². The van der Waals surface area contributed by atoms with Gasteiger partial charge in [-0.1, -0.05) is 43.7 Å². The van der Waals surface area contributed by atoms with Gasteiger partial charge in [0.05, 0.1) is 11.1 Å². The van der Waals surface area contributed by atoms with Crippen LogP contribution in [0.1, 0.15) is 40.1 Å². The van der Waals surface area contributed by atoms with Gasteiger partial charge < -0.3 is 10.1 Å². The first-order valence-corrected chi connectivity index (χ1v) is 8.83. The van der Waals surface area contributed by atoms with Crippen molar-refractivity contribution in [1.29, 1.82) is 0 Å². The van der Waals surface area contributed by atoms with Gasteiger partial charge in [-0.15, -0.1) is 0 Å². The SMILES string of the molecule is Cc1ccc(N[C@H](C(=O)OCN2C(=O)c3ccccc3C2=O)C(C)C)cc1. The molecule has 1 aliphatic rings. The Morgan fingerprint density at radius 1 is 1.00 bits per heavy atom. The van der Waals surface area contributed by atoms with Gasteiger partial charge in [-0.2, -0.15) is 0 Å². The van der Waals surface area contributed by atoms with Crippen molar-refractivity contribution in [3.05, 3.63) is 65.2 Å². The maximum Gasteiger partial charge on any atom is 0.330 e. The molecule has 1 atom stereocenters. The van der Waals surface area contributed by atoms with E-state index in [1.54, 1.807) is 24.3 Å². The van der Waals surface area contributed by atoms with Crippen molar-refractivity contribution in [3.8, 4) is 0 Å². The molecule has 1 heterocycles. The molecule has 2 aromatic carbocycles. The summed E-state index contributed by atoms with van der Waals surface area (Å²) in [6, 6.07) is 13.7. The Kier molecular flexibility index (Phi) is 5.26. The molecule has 27 heavy (non-hydrogen) atoms. The van der Waals surface area contributed by atoms with Crippen LogP contribution in [0.3, 0.4) is 0 Å². The monoisotopic (exact) mass is 366 g/mol. The summed E-state index contributed by atoms with van der Waals surface area (Å²) in [6.45, 7) is 5.38. The fraction of sp³-hybridized carbons (Fsp3) is 0.286. The number of benzene rings is 2. The van der Waals surface area contributed by atoms with Crippen molar-refractivity contribution in [2.24, 2.45) is 5.92 Å². The first-order valence-electron chi connectivity index (χ1n) is 8.83. The average molecular weight is 366 g/mol. The lowest BCUT2D eigenvalue weighted by Crippen LogP contribution is -2.40. The van der Waals surface area contributed by atoms with Gasteiger partial charge in [0.25, 0.3) is 11.8 Å². The molecule has 6 heteroatoms. The summed E-state index contributed by atoms with van der Waals surface area (Å²) in [6.07, 6.45) is 0. The van der Waals surface area contributed by atoms with E-state index in [2.05, 4.69) is 5.32 Å². The number of carbonyl (C=O) groups is 3. The van der Waals surface area contributed by atoms with Crippen LogP contribution >= 0.6 is 0 Å². The van der Waals surface area contributed by atoms with Crippen LogP contribution in [-0.2, 0) is 9.53 Å². The first-order chi connectivity index (χ1) is 12.9. The molecule has 0 saturated heterocycles. The number of imide groups is 1. The van der Waals surface area contributed by atoms with Gasteiger partial charge in [0.1, 0.15) is 6.04 Å². The minimum Gasteiger partial charge on any atom is -0.442 e. The molecule has 0 bridgehead atoms. The number of carbonyl (C=O) groups excluding carboxylic acids is 3. The predicted octanol–water partition coefficient (Wildman–Crippen LogP) is 3.23. The fourth-order valence-electron chi connectivity index (χ4n) is 2.90. The quantitative estimate of drug-likeness (QED) is 0.627. The summed E-state index contributed by atoms with van der Waals surface area (Å²) < 4.78 is 5.30. The highest BCUT2D eigenvalue weighted by molar-refractivity contribution is 6.21. The summed E-state index contributed by atoms with van der Waals surface area (Å²) in [5.74, 6) is -1.45. The molecule has 0 radical (unpaired) electrons. The zero-order valence-corrected chi connectivity index (χ0v) is 15.6. The molecule has 140 valence electrons. The highest BCUT2D eigenvalue weighted by atomic mass is 16.5. The third-order valence-electron chi connectivity index (χ3n) is 4.51. The minimum absolute atomic E-state index is 0.0408. The molecule has 0 aromatic heterocycles. The second kappa shape index (κ2) is 7.61. The maximum absolute atomic E-state index is 12.6. The van der Waals surface area contributed by atoms with Gasteiger partial charge in [0.15, 0.2) is 6.73 Å². The van der Waals surface area contributed by atoms with Crippen LogP contribution < -0.4 is 5.32 Å². The topological polar surface area (TPSA) is 75.7 Å². The lowest BCUT2D eigenvalue weighted by molar-refractivity contribution is -0.148. The summed E-state index contributed by atoms with van der Waals surface area (Å²) in [7, 11) is 0. The van der Waals surface area contributed by atoms with E-state index in [1.165, 1.54) is 0 Å². The van der Waals surface area contributed by atoms with Crippen LogP contribution in [-0.4, -0.2) is 35.5 Å². The van der Waals surface area contributed by atoms with Crippen molar-refractivity contribution >= 4 is 23.5 Å². The third kappa shape index (κ3) is 3.84. The van der Waals surface area contributed by atoms with E-state index in [0.29, 0.717) is 11.1 Å². The number of amides is 2. The Balaban J connectivity index is 1.66. The van der Waals surface area contributed by atoms with Crippen molar-refractivity contribution in [2.45, 2.75) is 26.8 Å². The molecule has 2 aromatic rings. The molecule has 1 aliphatic heterocycles. The fourth-order valence-corrected chi connectivity index (χ4v) is 2.90. The highest BCUT2D eigenvalue weighted by Gasteiger charge is 2.36. The summed E-state index contributed by atoms with van der Waals surface area (Å²) in [4.78, 5) is 38.2. The van der Waals surface area contributed by atoms with Crippen LogP contribution in [0.2, 0.25) is 0 Å². The number of nitrogens with one attached hydrogen (secondary N) is 1. The second-order valence-electron chi connectivity index (χ2n) is 6.91. The van der Waals surface area contributed by atoms with E-state index >= 15 is 0 Å². The van der Waals surface area contributed by atoms with E-state index in [0.717, 1.165) is 16.2 Å². The maximum atomic E-state index is 12.6. The molecule has 6 nitrogen and oxygen atoms in total. The van der Waals surface area contributed by atoms with Gasteiger partial charge in [-0.25, -0.2) is 9.69 Å². The second-order valence-corrected chi connectivity index (χ2v) is 6.91. The number of nitrogens with zero attached hydrogens (tertiary/aromatic N) is 1. The van der Waals surface area contributed by atoms with Crippen LogP contribution in [0, 0.1) is 12.8 Å². The zero-order chi connectivity index (χ0) is 19.6. The normalized spacial score (nSPS) is 14.3. The molecule has 0 saturated carbocycles. The Morgan fingerprint density at radius 3 is 2.07 bits per heavy atom. The number of hydrogen-bond donors (Lipinski definition) is 1. The molecule has 2 amide bonds. The smallest absolute Gasteiger partial charge is 0.330 e. The zero-order valence-electron chi connectivity index (χ0n) is 15.6. The molecule has 0 aliphatic carbocycles. The number of hydrogen-bond acceptors (Lipinski definition) is 5. The molecular weight excluding hydrogens is 344 g/mol. The highest BCUT2D eigenvalue weighted by Crippen LogP contribution is 2.22. The predicted molar refractivity (Wildman–Crippen MR) is 101 cm³/mol. The molecule has 3 rings (SSSR count). The van der Waals surface area contributed by atoms with Gasteiger partial charge in [-0.05, 0) is 37.1 Å². The molecule has 0 fully saturated rings. The molecule has 0 spiro atoms. The third-order valence-corrected chi connectivity index (χ3v) is 4.51. The number of aryl methyl sites for hydroxylation is 1. The molecule has 1 N–H and O–H groups in total. The van der Waals surface area contributed by atoms with Gasteiger partial charge in [0.2, 0.25) is 0 Å². The Bertz CT molecular complexity index is 839. The Hall–Kier alpha value is -3.15. The lowest BCUT2D eigenvalue weighted by Gasteiger charge is -2.23. The summed E-state index contributed by atoms with van der Waals surface area (Å²) in [5.41, 5.74) is 2.58. The Morgan fingerprint density at radius 2 is 1.56 bits per heavy atom. The first kappa shape index (κ1) is 18.6. The largest absolute Gasteiger partial charge is 0.442 e. The Labute approximate surface area is 158 Å². The number of ether oxygens (including phenoxy) is 1. The number of anilines is 1. The van der Waals surface area contributed by atoms with E-state index < -0.39 is 30.6 Å². The molecular formula is C21H22N2O4. The standard InChI is InChI=1S/C21H22N2O4/c1-13(2)18(22-15-10-8-14(3)9-11-15)21(26)27-12-23-19(24)16-6-4-5-7-17(16)20(23)25/h4-11,13,18,22H,12H2,1-3H3/t18-/m0/s1. The molecule has 0 unspecified atom stereocenters. The number of fused-ring (bicyclic) bond motifs is 1. The van der Waals surface area contributed by atoms with Crippen LogP contribution in [0.25, 0.3) is 0 Å². The van der Waals surface area contributed by atoms with Crippen molar-refractivity contribution < 1.29 is 19.1 Å². The lowest BCUT2D eigenvalue weighted by atomic mass is 10.0. The van der Waals surface area contributed by atoms with E-state index in [9.17, 15) is 14.4 Å². The van der Waals surface area contributed by atoms with Crippen molar-refractivity contribution in [1.82, 2.24) is 4.90 Å². The number of rotatable bonds is 6. The van der Waals surface area contributed by atoms with Crippen LogP contribution in [0.4, 0.5) is 5.69 Å². The van der Waals surface area contributed by atoms with E-state index in [-0.39, 0.29) is 5.92 Å². The summed E-state index contributed by atoms with van der Waals surface area (Å²) in [5, 5.41) is 3.16. The van der Waals surface area contributed by atoms with Crippen LogP contribution in [0.15, 0.2) is 48.5 Å². The van der Waals surface area contributed by atoms with Gasteiger partial charge in [0, 0.05) is 5.69 Å². The van der Waals surface area contributed by atoms with Crippen molar-refractivity contribution in [2.75, 3.05) is 12.0 Å². The minimum atomic E-state index is -0.595.